The van der Waals surface area contributed by atoms with Crippen molar-refractivity contribution in [2.75, 3.05) is 13.2 Å². The molecule has 0 radical (unpaired) electrons. The van der Waals surface area contributed by atoms with Crippen LogP contribution in [-0.4, -0.2) is 138 Å². The fraction of sp³-hybridized carbons (Fsp3) is 0.432. The molecule has 1 aromatic carbocycles. The Morgan fingerprint density at radius 3 is 1.12 bits per heavy atom. The van der Waals surface area contributed by atoms with Crippen LogP contribution >= 0.6 is 0 Å². The SMILES string of the molecule is C=CC(=O)OC(=O)CCCCC(=O)OC(=O)C=C.CC(O)CO.CC(O)CO.O=C(O)CCC(=O)O.O=C(O)c1ccccc1.O=CO.O=COC(=O)CCCCC(=O)O. The topological polar surface area (TPSA) is 398 Å². The van der Waals surface area contributed by atoms with Crippen LogP contribution in [0.4, 0.5) is 0 Å². The van der Waals surface area contributed by atoms with Gasteiger partial charge in [-0.15, -0.1) is 0 Å². The lowest BCUT2D eigenvalue weighted by molar-refractivity contribution is -0.158. The number of unbranched alkanes of at least 4 members (excludes halogenated alkanes) is 2. The Morgan fingerprint density at radius 1 is 0.583 bits per heavy atom. The molecule has 60 heavy (non-hydrogen) atoms. The largest absolute Gasteiger partial charge is 0.483 e. The number of benzene rings is 1. The van der Waals surface area contributed by atoms with Crippen molar-refractivity contribution in [1.29, 1.82) is 0 Å². The zero-order valence-electron chi connectivity index (χ0n) is 33.0. The van der Waals surface area contributed by atoms with Crippen LogP contribution in [0.1, 0.15) is 88.4 Å². The van der Waals surface area contributed by atoms with Gasteiger partial charge in [0.2, 0.25) is 0 Å². The number of aliphatic hydroxyl groups excluding tert-OH is 4. The van der Waals surface area contributed by atoms with Crippen LogP contribution in [0.5, 0.6) is 0 Å². The molecular formula is C37H54O23. The van der Waals surface area contributed by atoms with Gasteiger partial charge in [0.05, 0.1) is 43.8 Å². The van der Waals surface area contributed by atoms with E-state index in [1.54, 1.807) is 30.3 Å². The molecule has 0 amide bonds. The fourth-order valence-electron chi connectivity index (χ4n) is 2.40. The molecule has 0 spiro atoms. The van der Waals surface area contributed by atoms with Crippen molar-refractivity contribution >= 4 is 66.7 Å². The van der Waals surface area contributed by atoms with Gasteiger partial charge in [-0.25, -0.2) is 14.4 Å². The molecule has 0 saturated carbocycles. The van der Waals surface area contributed by atoms with Gasteiger partial charge in [-0.3, -0.25) is 38.4 Å². The highest BCUT2D eigenvalue weighted by atomic mass is 16.6. The molecule has 2 unspecified atom stereocenters. The van der Waals surface area contributed by atoms with E-state index in [-0.39, 0.29) is 64.7 Å². The Labute approximate surface area is 344 Å². The Morgan fingerprint density at radius 2 is 0.883 bits per heavy atom. The zero-order chi connectivity index (χ0) is 47.9. The predicted octanol–water partition coefficient (Wildman–Crippen LogP) is 1.13. The van der Waals surface area contributed by atoms with E-state index in [1.165, 1.54) is 13.8 Å². The lowest BCUT2D eigenvalue weighted by atomic mass is 10.2. The summed E-state index contributed by atoms with van der Waals surface area (Å²) >= 11 is 0. The highest BCUT2D eigenvalue weighted by molar-refractivity contribution is 5.92. The number of carbonyl (C=O) groups is 11. The van der Waals surface area contributed by atoms with Crippen LogP contribution < -0.4 is 0 Å². The van der Waals surface area contributed by atoms with Crippen LogP contribution in [-0.2, 0) is 62.2 Å². The summed E-state index contributed by atoms with van der Waals surface area (Å²) in [5.74, 6) is -7.53. The number of aromatic carboxylic acids is 1. The first kappa shape index (κ1) is 65.2. The van der Waals surface area contributed by atoms with E-state index in [0.29, 0.717) is 31.2 Å². The summed E-state index contributed by atoms with van der Waals surface area (Å²) < 4.78 is 12.6. The van der Waals surface area contributed by atoms with E-state index < -0.39 is 65.9 Å². The third kappa shape index (κ3) is 69.2. The van der Waals surface area contributed by atoms with E-state index in [4.69, 9.17) is 50.8 Å². The number of esters is 5. The van der Waals surface area contributed by atoms with Crippen LogP contribution in [0.3, 0.4) is 0 Å². The smallest absolute Gasteiger partial charge is 0.337 e. The maximum atomic E-state index is 11.0. The monoisotopic (exact) mass is 866 g/mol. The van der Waals surface area contributed by atoms with Gasteiger partial charge < -0.3 is 60.2 Å². The van der Waals surface area contributed by atoms with Gasteiger partial charge in [0, 0.05) is 37.8 Å². The van der Waals surface area contributed by atoms with Gasteiger partial charge in [-0.1, -0.05) is 31.4 Å². The normalized spacial score (nSPS) is 9.70. The third-order valence-electron chi connectivity index (χ3n) is 5.08. The third-order valence-corrected chi connectivity index (χ3v) is 5.08. The van der Waals surface area contributed by atoms with Gasteiger partial charge in [0.15, 0.2) is 0 Å². The van der Waals surface area contributed by atoms with Crippen molar-refractivity contribution < 1.29 is 113 Å². The average molecular weight is 867 g/mol. The molecule has 23 nitrogen and oxygen atoms in total. The minimum atomic E-state index is -1.08. The number of carbonyl (C=O) groups excluding carboxylic acids is 6. The van der Waals surface area contributed by atoms with Gasteiger partial charge in [-0.2, -0.15) is 0 Å². The van der Waals surface area contributed by atoms with E-state index >= 15 is 0 Å². The first-order valence-corrected chi connectivity index (χ1v) is 17.0. The average Bonchev–Trinajstić information content (AvgIpc) is 3.19. The zero-order valence-corrected chi connectivity index (χ0v) is 33.0. The molecule has 0 heterocycles. The Kier molecular flexibility index (Phi) is 52.6. The molecular weight excluding hydrogens is 812 g/mol. The van der Waals surface area contributed by atoms with Crippen molar-refractivity contribution in [3.8, 4) is 0 Å². The lowest BCUT2D eigenvalue weighted by Gasteiger charge is -2.01. The molecule has 2 atom stereocenters. The Bertz CT molecular complexity index is 1350. The molecule has 0 aliphatic rings. The first-order valence-electron chi connectivity index (χ1n) is 17.0. The molecule has 0 aliphatic carbocycles. The summed E-state index contributed by atoms with van der Waals surface area (Å²) in [5, 5.41) is 71.3. The van der Waals surface area contributed by atoms with Crippen LogP contribution in [0.2, 0.25) is 0 Å². The molecule has 23 heteroatoms. The molecule has 1 rings (SSSR count). The maximum Gasteiger partial charge on any atom is 0.337 e. The van der Waals surface area contributed by atoms with Crippen LogP contribution in [0, 0.1) is 0 Å². The van der Waals surface area contributed by atoms with Crippen molar-refractivity contribution in [2.24, 2.45) is 0 Å². The van der Waals surface area contributed by atoms with Crippen molar-refractivity contribution in [1.82, 2.24) is 0 Å². The Balaban J connectivity index is -0.000000152. The van der Waals surface area contributed by atoms with E-state index in [0.717, 1.165) is 12.2 Å². The summed E-state index contributed by atoms with van der Waals surface area (Å²) in [6.07, 6.45) is 1.73. The minimum absolute atomic E-state index is 0.00225. The standard InChI is InChI=1S/C12H14O6.C7H10O5.C7H6O2.C4H6O4.2C3H8O2.CH2O2/c1-3-9(13)17-11(15)7-5-6-8-12(16)18-10(14)4-2;8-5-12-7(11)4-2-1-3-6(9)10;8-7(9)6-4-2-1-3-5-6;5-3(6)1-2-4(7)8;2*1-3(5)2-4;2-1-3/h3-4H,1-2,5-8H2;5H,1-4H2,(H,9,10);1-5H,(H,8,9);1-2H2,(H,5,6)(H,7,8);2*3-5H,2H2,1H3;1H,(H,2,3). The minimum Gasteiger partial charge on any atom is -0.483 e. The van der Waals surface area contributed by atoms with Gasteiger partial charge in [0.25, 0.3) is 6.47 Å². The molecule has 0 bridgehead atoms. The van der Waals surface area contributed by atoms with E-state index in [1.807, 2.05) is 0 Å². The fourth-order valence-corrected chi connectivity index (χ4v) is 2.40. The summed E-state index contributed by atoms with van der Waals surface area (Å²) in [6.45, 7) is 8.88. The summed E-state index contributed by atoms with van der Waals surface area (Å²) in [7, 11) is 0. The van der Waals surface area contributed by atoms with Gasteiger partial charge in [-0.05, 0) is 51.7 Å². The molecule has 9 N–H and O–H groups in total. The quantitative estimate of drug-likeness (QED) is 0.0235. The van der Waals surface area contributed by atoms with Crippen LogP contribution in [0.15, 0.2) is 55.6 Å². The number of rotatable bonds is 19. The number of hydrogen-bond donors (Lipinski definition) is 9. The molecule has 0 aliphatic heterocycles. The maximum absolute atomic E-state index is 11.0. The first-order chi connectivity index (χ1) is 28.0. The highest BCUT2D eigenvalue weighted by Crippen LogP contribution is 2.04. The van der Waals surface area contributed by atoms with E-state index in [2.05, 4.69) is 27.4 Å². The number of carboxylic acid groups (broad SMARTS) is 5. The second kappa shape index (κ2) is 48.5. The Hall–Kier alpha value is -6.69. The predicted molar refractivity (Wildman–Crippen MR) is 203 cm³/mol. The van der Waals surface area contributed by atoms with Crippen LogP contribution in [0.25, 0.3) is 0 Å². The lowest BCUT2D eigenvalue weighted by Crippen LogP contribution is -2.11. The molecule has 0 fully saturated rings. The number of aliphatic carboxylic acids is 3. The summed E-state index contributed by atoms with van der Waals surface area (Å²) in [6, 6.07) is 8.30. The molecule has 1 aromatic rings. The van der Waals surface area contributed by atoms with Gasteiger partial charge >= 0.3 is 60.2 Å². The number of ether oxygens (including phenoxy) is 3. The summed E-state index contributed by atoms with van der Waals surface area (Å²) in [5.41, 5.74) is 0.331. The van der Waals surface area contributed by atoms with Crippen molar-refractivity contribution in [2.45, 2.75) is 90.3 Å². The van der Waals surface area contributed by atoms with Crippen molar-refractivity contribution in [3.63, 3.8) is 0 Å². The number of hydrogen-bond acceptors (Lipinski definition) is 18. The van der Waals surface area contributed by atoms with Gasteiger partial charge in [0.1, 0.15) is 0 Å². The molecule has 0 saturated heterocycles. The number of carboxylic acids is 4. The van der Waals surface area contributed by atoms with Crippen molar-refractivity contribution in [3.05, 3.63) is 61.2 Å². The second-order valence-electron chi connectivity index (χ2n) is 10.5. The molecule has 340 valence electrons. The molecule has 0 aromatic heterocycles. The van der Waals surface area contributed by atoms with E-state index in [9.17, 15) is 47.9 Å². The highest BCUT2D eigenvalue weighted by Gasteiger charge is 2.10. The second-order valence-corrected chi connectivity index (χ2v) is 10.5. The number of aliphatic hydroxyl groups is 4. The summed E-state index contributed by atoms with van der Waals surface area (Å²) in [4.78, 5) is 111.